The fourth-order valence-corrected chi connectivity index (χ4v) is 4.56. The molecule has 0 saturated carbocycles. The average molecular weight is 737 g/mol. The molecular formula is C34H33KO16. The van der Waals surface area contributed by atoms with Crippen LogP contribution in [-0.4, -0.2) is 95.4 Å². The van der Waals surface area contributed by atoms with Gasteiger partial charge in [0.05, 0.1) is 52.2 Å². The van der Waals surface area contributed by atoms with Gasteiger partial charge >= 0.3 is 69.3 Å². The van der Waals surface area contributed by atoms with Gasteiger partial charge in [-0.3, -0.25) is 4.79 Å². The summed E-state index contributed by atoms with van der Waals surface area (Å²) in [6.07, 6.45) is 0. The standard InChI is InChI=1S/C18H18O7.C16H14O8.K.H2O/c1-9(19)10-5-12(16(20)14(7-10)23-2)13-6-11(18(22)25-4)8-15(24-3)17(13)21;1-23-11-5-7(15(19)20)3-9(13(11)17)10-4-8(16(21)22)6-12(24-2)14(10)18;;/h5-8,20-21H,1-4H3;3-6,17-18H,1-2H3,(H,19,20)(H,21,22);;1H2/q;;+1;/p-1. The minimum atomic E-state index is -1.28. The molecular weight excluding hydrogens is 703 g/mol. The number of ketones is 1. The van der Waals surface area contributed by atoms with Gasteiger partial charge in [0.1, 0.15) is 0 Å². The summed E-state index contributed by atoms with van der Waals surface area (Å²) >= 11 is 0. The number of aromatic carboxylic acids is 2. The van der Waals surface area contributed by atoms with Crippen LogP contribution in [0.2, 0.25) is 0 Å². The number of carbonyl (C=O) groups is 4. The molecule has 0 unspecified atom stereocenters. The number of carboxylic acids is 2. The number of phenolic OH excluding ortho intramolecular Hbond substituents is 4. The monoisotopic (exact) mass is 736 g/mol. The number of esters is 1. The molecule has 0 aliphatic heterocycles. The Morgan fingerprint density at radius 3 is 0.980 bits per heavy atom. The predicted octanol–water partition coefficient (Wildman–Crippen LogP) is 1.78. The van der Waals surface area contributed by atoms with E-state index in [0.717, 1.165) is 24.3 Å². The van der Waals surface area contributed by atoms with E-state index in [1.54, 1.807) is 0 Å². The van der Waals surface area contributed by atoms with Gasteiger partial charge in [0, 0.05) is 27.8 Å². The van der Waals surface area contributed by atoms with Gasteiger partial charge in [-0.1, -0.05) is 0 Å². The molecule has 0 heterocycles. The number of aromatic hydroxyl groups is 4. The van der Waals surface area contributed by atoms with E-state index in [0.29, 0.717) is 0 Å². The molecule has 17 heteroatoms. The number of Topliss-reactive ketones (excluding diaryl/α,β-unsaturated/α-hetero) is 1. The van der Waals surface area contributed by atoms with Crippen LogP contribution >= 0.6 is 0 Å². The molecule has 266 valence electrons. The molecule has 0 amide bonds. The normalized spacial score (nSPS) is 9.84. The number of hydrogen-bond acceptors (Lipinski definition) is 14. The Labute approximate surface area is 333 Å². The van der Waals surface area contributed by atoms with E-state index in [1.165, 1.54) is 66.7 Å². The molecule has 0 bridgehead atoms. The maximum Gasteiger partial charge on any atom is 1.00 e. The van der Waals surface area contributed by atoms with Crippen LogP contribution < -0.4 is 70.3 Å². The Morgan fingerprint density at radius 1 is 0.471 bits per heavy atom. The van der Waals surface area contributed by atoms with E-state index in [4.69, 9.17) is 29.2 Å². The van der Waals surface area contributed by atoms with Gasteiger partial charge < -0.3 is 59.8 Å². The van der Waals surface area contributed by atoms with Crippen molar-refractivity contribution in [3.05, 3.63) is 70.8 Å². The number of carboxylic acid groups (broad SMARTS) is 2. The maximum atomic E-state index is 11.9. The fraction of sp³-hybridized carbons (Fsp3) is 0.176. The smallest absolute Gasteiger partial charge is 0.870 e. The number of ether oxygens (including phenoxy) is 5. The second-order valence-electron chi connectivity index (χ2n) is 9.96. The predicted molar refractivity (Wildman–Crippen MR) is 174 cm³/mol. The van der Waals surface area contributed by atoms with Crippen molar-refractivity contribution in [2.24, 2.45) is 0 Å². The quantitative estimate of drug-likeness (QED) is 0.0769. The molecule has 4 aromatic rings. The third kappa shape index (κ3) is 9.60. The number of benzene rings is 4. The largest absolute Gasteiger partial charge is 1.00 e. The van der Waals surface area contributed by atoms with Crippen molar-refractivity contribution in [3.63, 3.8) is 0 Å². The van der Waals surface area contributed by atoms with Crippen LogP contribution in [0, 0.1) is 0 Å². The van der Waals surface area contributed by atoms with E-state index < -0.39 is 29.4 Å². The first-order valence-corrected chi connectivity index (χ1v) is 13.8. The van der Waals surface area contributed by atoms with Crippen molar-refractivity contribution in [1.29, 1.82) is 0 Å². The van der Waals surface area contributed by atoms with Crippen LogP contribution in [0.25, 0.3) is 22.3 Å². The summed E-state index contributed by atoms with van der Waals surface area (Å²) < 4.78 is 24.7. The molecule has 0 spiro atoms. The summed E-state index contributed by atoms with van der Waals surface area (Å²) in [6, 6.07) is 9.85. The first-order chi connectivity index (χ1) is 23.1. The Kier molecular flexibility index (Phi) is 16.2. The van der Waals surface area contributed by atoms with E-state index in [-0.39, 0.29) is 142 Å². The van der Waals surface area contributed by atoms with Gasteiger partial charge in [-0.25, -0.2) is 14.4 Å². The number of rotatable bonds is 10. The molecule has 0 atom stereocenters. The average Bonchev–Trinajstić information content (AvgIpc) is 3.08. The van der Waals surface area contributed by atoms with Gasteiger partial charge in [-0.2, -0.15) is 0 Å². The van der Waals surface area contributed by atoms with E-state index in [1.807, 2.05) is 0 Å². The second-order valence-corrected chi connectivity index (χ2v) is 9.96. The molecule has 51 heavy (non-hydrogen) atoms. The van der Waals surface area contributed by atoms with Crippen LogP contribution in [0.3, 0.4) is 0 Å². The molecule has 7 N–H and O–H groups in total. The third-order valence-corrected chi connectivity index (χ3v) is 7.08. The van der Waals surface area contributed by atoms with E-state index >= 15 is 0 Å². The van der Waals surface area contributed by atoms with Crippen LogP contribution in [0.4, 0.5) is 0 Å². The summed E-state index contributed by atoms with van der Waals surface area (Å²) in [5.74, 6) is -5.12. The molecule has 0 saturated heterocycles. The minimum absolute atomic E-state index is 0. The Hall–Kier alpha value is -5.04. The first-order valence-electron chi connectivity index (χ1n) is 13.8. The molecule has 16 nitrogen and oxygen atoms in total. The number of carbonyl (C=O) groups excluding carboxylic acids is 2. The molecule has 4 aromatic carbocycles. The second kappa shape index (κ2) is 18.8. The maximum absolute atomic E-state index is 11.9. The zero-order chi connectivity index (χ0) is 36.7. The van der Waals surface area contributed by atoms with Gasteiger partial charge in [0.15, 0.2) is 51.8 Å². The van der Waals surface area contributed by atoms with Gasteiger partial charge in [-0.05, 0) is 55.5 Å². The summed E-state index contributed by atoms with van der Waals surface area (Å²) in [6.45, 7) is 1.36. The third-order valence-electron chi connectivity index (χ3n) is 7.08. The number of hydrogen-bond donors (Lipinski definition) is 6. The number of phenols is 4. The SMILES string of the molecule is COC(=O)c1cc(OC)c(O)c(-c2cc(C(C)=O)cc(OC)c2O)c1.COc1cc(C(=O)O)cc(-c2cc(C(=O)O)cc(OC)c2O)c1O.[K+].[OH-]. The molecule has 0 aliphatic carbocycles. The summed E-state index contributed by atoms with van der Waals surface area (Å²) in [4.78, 5) is 46.1. The molecule has 0 fully saturated rings. The van der Waals surface area contributed by atoms with Gasteiger partial charge in [0.25, 0.3) is 0 Å². The van der Waals surface area contributed by atoms with Crippen LogP contribution in [-0.2, 0) is 4.74 Å². The molecule has 0 aromatic heterocycles. The van der Waals surface area contributed by atoms with Gasteiger partial charge in [0.2, 0.25) is 0 Å². The molecule has 4 rings (SSSR count). The van der Waals surface area contributed by atoms with Crippen molar-refractivity contribution >= 4 is 23.7 Å². The zero-order valence-electron chi connectivity index (χ0n) is 28.4. The summed E-state index contributed by atoms with van der Waals surface area (Å²) in [7, 11) is 6.36. The van der Waals surface area contributed by atoms with E-state index in [9.17, 15) is 39.6 Å². The van der Waals surface area contributed by atoms with Crippen molar-refractivity contribution in [3.8, 4) is 68.2 Å². The van der Waals surface area contributed by atoms with Crippen molar-refractivity contribution < 1.29 is 130 Å². The Balaban J connectivity index is 0.000000491. The number of methoxy groups -OCH3 is 5. The Morgan fingerprint density at radius 2 is 0.725 bits per heavy atom. The van der Waals surface area contributed by atoms with Gasteiger partial charge in [-0.15, -0.1) is 0 Å². The van der Waals surface area contributed by atoms with Crippen LogP contribution in [0.15, 0.2) is 48.5 Å². The fourth-order valence-electron chi connectivity index (χ4n) is 4.56. The van der Waals surface area contributed by atoms with Crippen molar-refractivity contribution in [2.45, 2.75) is 6.92 Å². The van der Waals surface area contributed by atoms with E-state index in [2.05, 4.69) is 4.74 Å². The summed E-state index contributed by atoms with van der Waals surface area (Å²) in [5, 5.41) is 59.7. The first kappa shape index (κ1) is 44.0. The van der Waals surface area contributed by atoms with Crippen molar-refractivity contribution in [2.75, 3.05) is 35.5 Å². The molecule has 0 radical (unpaired) electrons. The Bertz CT molecular complexity index is 1880. The zero-order valence-corrected chi connectivity index (χ0v) is 31.5. The minimum Gasteiger partial charge on any atom is -0.870 e. The summed E-state index contributed by atoms with van der Waals surface area (Å²) in [5.41, 5.74) is -0.0382. The van der Waals surface area contributed by atoms with Crippen LogP contribution in [0.5, 0.6) is 46.0 Å². The topological polar surface area (TPSA) is 266 Å². The van der Waals surface area contributed by atoms with Crippen molar-refractivity contribution in [1.82, 2.24) is 0 Å². The van der Waals surface area contributed by atoms with Crippen LogP contribution in [0.1, 0.15) is 48.4 Å². The molecule has 0 aliphatic rings.